The van der Waals surface area contributed by atoms with Crippen molar-refractivity contribution in [2.45, 2.75) is 0 Å². The fourth-order valence-electron chi connectivity index (χ4n) is 3.74. The van der Waals surface area contributed by atoms with Crippen molar-refractivity contribution in [2.24, 2.45) is 0 Å². The minimum Gasteiger partial charge on any atom is -0.0622 e. The van der Waals surface area contributed by atoms with E-state index in [1.54, 1.807) is 0 Å². The number of benzene rings is 5. The molecule has 0 aliphatic heterocycles. The Bertz CT molecular complexity index is 1240. The van der Waals surface area contributed by atoms with Crippen LogP contribution in [0.15, 0.2) is 95.5 Å². The molecule has 5 aromatic rings. The summed E-state index contributed by atoms with van der Waals surface area (Å²) in [4.78, 5) is 0. The Morgan fingerprint density at radius 2 is 0.960 bits per heavy atom. The number of halogens is 1. The molecule has 1 heteroatoms. The molecule has 0 aliphatic carbocycles. The Labute approximate surface area is 154 Å². The molecule has 0 bridgehead atoms. The van der Waals surface area contributed by atoms with Gasteiger partial charge in [0.25, 0.3) is 0 Å². The summed E-state index contributed by atoms with van der Waals surface area (Å²) >= 11 is 3.65. The molecular weight excluding hydrogens is 368 g/mol. The molecule has 0 aromatic heterocycles. The van der Waals surface area contributed by atoms with Crippen LogP contribution in [0.3, 0.4) is 0 Å². The maximum Gasteiger partial charge on any atom is 0.0181 e. The van der Waals surface area contributed by atoms with Crippen molar-refractivity contribution in [1.29, 1.82) is 0 Å². The van der Waals surface area contributed by atoms with Crippen LogP contribution < -0.4 is 0 Å². The van der Waals surface area contributed by atoms with Crippen molar-refractivity contribution >= 4 is 48.2 Å². The second-order valence-electron chi connectivity index (χ2n) is 6.36. The van der Waals surface area contributed by atoms with Gasteiger partial charge in [0.2, 0.25) is 0 Å². The lowest BCUT2D eigenvalue weighted by molar-refractivity contribution is 1.65. The minimum atomic E-state index is 1.11. The maximum absolute atomic E-state index is 3.65. The van der Waals surface area contributed by atoms with Gasteiger partial charge in [-0.2, -0.15) is 0 Å². The summed E-state index contributed by atoms with van der Waals surface area (Å²) in [5.41, 5.74) is 2.50. The van der Waals surface area contributed by atoms with Crippen LogP contribution in [0.5, 0.6) is 0 Å². The first-order valence-electron chi connectivity index (χ1n) is 8.40. The van der Waals surface area contributed by atoms with E-state index in [9.17, 15) is 0 Å². The monoisotopic (exact) mass is 382 g/mol. The van der Waals surface area contributed by atoms with Crippen LogP contribution in [0, 0.1) is 0 Å². The Hall–Kier alpha value is -2.64. The van der Waals surface area contributed by atoms with Crippen LogP contribution in [-0.2, 0) is 0 Å². The van der Waals surface area contributed by atoms with Crippen molar-refractivity contribution in [3.05, 3.63) is 95.5 Å². The predicted molar refractivity (Wildman–Crippen MR) is 112 cm³/mol. The number of fused-ring (bicyclic) bond motifs is 6. The van der Waals surface area contributed by atoms with Crippen molar-refractivity contribution in [1.82, 2.24) is 0 Å². The second-order valence-corrected chi connectivity index (χ2v) is 7.28. The van der Waals surface area contributed by atoms with Crippen LogP contribution in [0.25, 0.3) is 43.4 Å². The molecule has 0 atom stereocenters. The van der Waals surface area contributed by atoms with Gasteiger partial charge in [0, 0.05) is 4.47 Å². The van der Waals surface area contributed by atoms with Gasteiger partial charge >= 0.3 is 0 Å². The van der Waals surface area contributed by atoms with E-state index in [0.29, 0.717) is 0 Å². The average molecular weight is 383 g/mol. The zero-order chi connectivity index (χ0) is 16.8. The summed E-state index contributed by atoms with van der Waals surface area (Å²) < 4.78 is 1.11. The predicted octanol–water partition coefficient (Wildman–Crippen LogP) is 7.58. The van der Waals surface area contributed by atoms with E-state index in [1.165, 1.54) is 43.4 Å². The first kappa shape index (κ1) is 14.7. The summed E-state index contributed by atoms with van der Waals surface area (Å²) in [6, 6.07) is 32.7. The lowest BCUT2D eigenvalue weighted by Gasteiger charge is -2.12. The number of rotatable bonds is 1. The van der Waals surface area contributed by atoms with Gasteiger partial charge in [-0.1, -0.05) is 88.7 Å². The van der Waals surface area contributed by atoms with Crippen molar-refractivity contribution in [2.75, 3.05) is 0 Å². The second kappa shape index (κ2) is 5.72. The molecule has 0 unspecified atom stereocenters. The molecule has 0 saturated heterocycles. The fourth-order valence-corrected chi connectivity index (χ4v) is 4.10. The number of hydrogen-bond acceptors (Lipinski definition) is 0. The first-order chi connectivity index (χ1) is 12.3. The quantitative estimate of drug-likeness (QED) is 0.262. The Morgan fingerprint density at radius 3 is 1.68 bits per heavy atom. The van der Waals surface area contributed by atoms with Crippen LogP contribution in [0.2, 0.25) is 0 Å². The smallest absolute Gasteiger partial charge is 0.0181 e. The van der Waals surface area contributed by atoms with Crippen molar-refractivity contribution in [3.63, 3.8) is 0 Å². The SMILES string of the molecule is Brc1ccc2c3ccccc3c3ccc(-c4ccccc4)cc3c2c1. The fraction of sp³-hybridized carbons (Fsp3) is 0. The van der Waals surface area contributed by atoms with Crippen LogP contribution in [0.1, 0.15) is 0 Å². The van der Waals surface area contributed by atoms with Gasteiger partial charge in [0.15, 0.2) is 0 Å². The molecule has 0 N–H and O–H groups in total. The van der Waals surface area contributed by atoms with E-state index in [-0.39, 0.29) is 0 Å². The van der Waals surface area contributed by atoms with Crippen molar-refractivity contribution in [3.8, 4) is 11.1 Å². The topological polar surface area (TPSA) is 0 Å². The van der Waals surface area contributed by atoms with Crippen LogP contribution in [-0.4, -0.2) is 0 Å². The third-order valence-corrected chi connectivity index (χ3v) is 5.40. The molecule has 0 nitrogen and oxygen atoms in total. The van der Waals surface area contributed by atoms with Gasteiger partial charge in [0.05, 0.1) is 0 Å². The molecule has 118 valence electrons. The molecule has 0 radical (unpaired) electrons. The summed E-state index contributed by atoms with van der Waals surface area (Å²) in [5, 5.41) is 7.83. The molecule has 25 heavy (non-hydrogen) atoms. The Balaban J connectivity index is 1.97. The van der Waals surface area contributed by atoms with E-state index in [1.807, 2.05) is 0 Å². The van der Waals surface area contributed by atoms with E-state index < -0.39 is 0 Å². The minimum absolute atomic E-state index is 1.11. The molecule has 5 rings (SSSR count). The van der Waals surface area contributed by atoms with Crippen molar-refractivity contribution < 1.29 is 0 Å². The molecular formula is C24H15Br. The van der Waals surface area contributed by atoms with Crippen LogP contribution in [0.4, 0.5) is 0 Å². The standard InChI is InChI=1S/C24H15Br/c25-18-11-13-22-20-9-5-4-8-19(20)21-12-10-17(14-23(21)24(22)15-18)16-6-2-1-3-7-16/h1-15H. The Morgan fingerprint density at radius 1 is 0.400 bits per heavy atom. The van der Waals surface area contributed by atoms with Crippen LogP contribution >= 0.6 is 15.9 Å². The molecule has 5 aromatic carbocycles. The largest absolute Gasteiger partial charge is 0.0622 e. The Kier molecular flexibility index (Phi) is 3.36. The van der Waals surface area contributed by atoms with Gasteiger partial charge in [-0.15, -0.1) is 0 Å². The summed E-state index contributed by atoms with van der Waals surface area (Å²) in [6.45, 7) is 0. The highest BCUT2D eigenvalue weighted by Gasteiger charge is 2.10. The van der Waals surface area contributed by atoms with E-state index in [4.69, 9.17) is 0 Å². The third-order valence-electron chi connectivity index (χ3n) is 4.91. The highest BCUT2D eigenvalue weighted by atomic mass is 79.9. The molecule has 0 aliphatic rings. The lowest BCUT2D eigenvalue weighted by atomic mass is 9.92. The first-order valence-corrected chi connectivity index (χ1v) is 9.20. The van der Waals surface area contributed by atoms with E-state index in [0.717, 1.165) is 4.47 Å². The third kappa shape index (κ3) is 2.35. The van der Waals surface area contributed by atoms with Gasteiger partial charge in [-0.25, -0.2) is 0 Å². The van der Waals surface area contributed by atoms with Gasteiger partial charge in [-0.3, -0.25) is 0 Å². The normalized spacial score (nSPS) is 11.4. The summed E-state index contributed by atoms with van der Waals surface area (Å²) in [6.07, 6.45) is 0. The van der Waals surface area contributed by atoms with E-state index >= 15 is 0 Å². The zero-order valence-corrected chi connectivity index (χ0v) is 15.1. The molecule has 0 saturated carbocycles. The molecule has 0 heterocycles. The van der Waals surface area contributed by atoms with Gasteiger partial charge in [-0.05, 0) is 61.6 Å². The highest BCUT2D eigenvalue weighted by Crippen LogP contribution is 2.38. The average Bonchev–Trinajstić information content (AvgIpc) is 2.68. The lowest BCUT2D eigenvalue weighted by Crippen LogP contribution is -1.85. The van der Waals surface area contributed by atoms with Gasteiger partial charge < -0.3 is 0 Å². The molecule has 0 spiro atoms. The summed E-state index contributed by atoms with van der Waals surface area (Å²) in [7, 11) is 0. The maximum atomic E-state index is 3.65. The zero-order valence-electron chi connectivity index (χ0n) is 13.5. The highest BCUT2D eigenvalue weighted by molar-refractivity contribution is 9.10. The van der Waals surface area contributed by atoms with E-state index in [2.05, 4.69) is 107 Å². The summed E-state index contributed by atoms with van der Waals surface area (Å²) in [5.74, 6) is 0. The molecule has 0 fully saturated rings. The van der Waals surface area contributed by atoms with Gasteiger partial charge in [0.1, 0.15) is 0 Å². The number of hydrogen-bond donors (Lipinski definition) is 0. The molecule has 0 amide bonds.